The molecule has 1 fully saturated rings. The van der Waals surface area contributed by atoms with Crippen molar-refractivity contribution in [2.75, 3.05) is 0 Å². The Labute approximate surface area is 104 Å². The van der Waals surface area contributed by atoms with Gasteiger partial charge in [0.25, 0.3) is 0 Å². The van der Waals surface area contributed by atoms with Crippen molar-refractivity contribution in [1.82, 2.24) is 0 Å². The second-order valence-corrected chi connectivity index (χ2v) is 5.20. The maximum atomic E-state index is 10.0. The van der Waals surface area contributed by atoms with Crippen LogP contribution in [-0.4, -0.2) is 22.4 Å². The highest BCUT2D eigenvalue weighted by Gasteiger charge is 2.21. The lowest BCUT2D eigenvalue weighted by Crippen LogP contribution is -2.21. The normalized spacial score (nSPS) is 32.3. The zero-order valence-corrected chi connectivity index (χ0v) is 10.8. The van der Waals surface area contributed by atoms with E-state index in [4.69, 9.17) is 0 Å². The molecule has 0 bridgehead atoms. The summed E-state index contributed by atoms with van der Waals surface area (Å²) in [6, 6.07) is 0. The molecule has 2 N–H and O–H groups in total. The lowest BCUT2D eigenvalue weighted by molar-refractivity contribution is 0.157. The fourth-order valence-electron chi connectivity index (χ4n) is 2.22. The number of aliphatic hydroxyl groups is 2. The zero-order chi connectivity index (χ0) is 13.0. The third-order valence-corrected chi connectivity index (χ3v) is 3.70. The summed E-state index contributed by atoms with van der Waals surface area (Å²) in [5.74, 6) is 0.281. The van der Waals surface area contributed by atoms with Crippen LogP contribution in [0.4, 0.5) is 0 Å². The van der Waals surface area contributed by atoms with E-state index in [9.17, 15) is 10.2 Å². The van der Waals surface area contributed by atoms with E-state index in [2.05, 4.69) is 19.7 Å². The van der Waals surface area contributed by atoms with Crippen molar-refractivity contribution < 1.29 is 10.2 Å². The number of aliphatic hydroxyl groups excluding tert-OH is 2. The van der Waals surface area contributed by atoms with Gasteiger partial charge in [0.05, 0.1) is 12.2 Å². The summed E-state index contributed by atoms with van der Waals surface area (Å²) >= 11 is 0. The maximum Gasteiger partial charge on any atom is 0.0753 e. The van der Waals surface area contributed by atoms with Gasteiger partial charge in [0, 0.05) is 0 Å². The molecular weight excluding hydrogens is 212 g/mol. The van der Waals surface area contributed by atoms with Crippen molar-refractivity contribution in [2.45, 2.75) is 51.2 Å². The predicted molar refractivity (Wildman–Crippen MR) is 71.7 cm³/mol. The minimum absolute atomic E-state index is 0.281. The fourth-order valence-corrected chi connectivity index (χ4v) is 2.22. The summed E-state index contributed by atoms with van der Waals surface area (Å²) in [7, 11) is 0. The minimum atomic E-state index is -0.477. The molecule has 0 spiro atoms. The van der Waals surface area contributed by atoms with Crippen molar-refractivity contribution in [3.05, 3.63) is 36.5 Å². The highest BCUT2D eigenvalue weighted by atomic mass is 16.3. The van der Waals surface area contributed by atoms with Crippen LogP contribution in [0.15, 0.2) is 36.5 Å². The quantitative estimate of drug-likeness (QED) is 0.687. The largest absolute Gasteiger partial charge is 0.389 e. The first kappa shape index (κ1) is 14.2. The number of hydrogen-bond donors (Lipinski definition) is 2. The van der Waals surface area contributed by atoms with E-state index in [1.807, 2.05) is 6.92 Å². The van der Waals surface area contributed by atoms with Crippen LogP contribution in [0.1, 0.15) is 39.0 Å². The first-order chi connectivity index (χ1) is 7.91. The SMILES string of the molecule is C=C(C)[C@@H]1CCC(=C)[C@H](O)CCC(=C)[C@H](O)C1. The van der Waals surface area contributed by atoms with E-state index in [1.54, 1.807) is 0 Å². The van der Waals surface area contributed by atoms with Crippen molar-refractivity contribution in [1.29, 1.82) is 0 Å². The van der Waals surface area contributed by atoms with Gasteiger partial charge in [0.15, 0.2) is 0 Å². The summed E-state index contributed by atoms with van der Waals surface area (Å²) in [4.78, 5) is 0. The van der Waals surface area contributed by atoms with Gasteiger partial charge in [0.1, 0.15) is 0 Å². The number of allylic oxidation sites excluding steroid dienone is 1. The molecule has 96 valence electrons. The summed E-state index contributed by atoms with van der Waals surface area (Å²) in [5.41, 5.74) is 2.78. The Morgan fingerprint density at radius 3 is 2.18 bits per heavy atom. The van der Waals surface area contributed by atoms with Gasteiger partial charge in [-0.1, -0.05) is 25.3 Å². The summed E-state index contributed by atoms with van der Waals surface area (Å²) in [5, 5.41) is 19.9. The molecule has 3 atom stereocenters. The van der Waals surface area contributed by atoms with E-state index < -0.39 is 12.2 Å². The Hall–Kier alpha value is -0.860. The first-order valence-electron chi connectivity index (χ1n) is 6.28. The molecule has 0 unspecified atom stereocenters. The molecule has 2 heteroatoms. The predicted octanol–water partition coefficient (Wildman–Crippen LogP) is 2.98. The lowest BCUT2D eigenvalue weighted by atomic mass is 9.84. The molecule has 0 heterocycles. The van der Waals surface area contributed by atoms with Gasteiger partial charge >= 0.3 is 0 Å². The third-order valence-electron chi connectivity index (χ3n) is 3.70. The summed E-state index contributed by atoms with van der Waals surface area (Å²) in [6.07, 6.45) is 2.72. The van der Waals surface area contributed by atoms with Crippen LogP contribution in [0.3, 0.4) is 0 Å². The first-order valence-corrected chi connectivity index (χ1v) is 6.28. The molecule has 0 aromatic rings. The summed E-state index contributed by atoms with van der Waals surface area (Å²) in [6.45, 7) is 13.8. The lowest BCUT2D eigenvalue weighted by Gasteiger charge is -2.26. The van der Waals surface area contributed by atoms with Gasteiger partial charge in [0.2, 0.25) is 0 Å². The molecule has 0 amide bonds. The van der Waals surface area contributed by atoms with Gasteiger partial charge in [-0.2, -0.15) is 0 Å². The van der Waals surface area contributed by atoms with Crippen molar-refractivity contribution in [3.63, 3.8) is 0 Å². The maximum absolute atomic E-state index is 10.0. The molecule has 1 aliphatic carbocycles. The van der Waals surface area contributed by atoms with Crippen LogP contribution in [0, 0.1) is 5.92 Å². The average molecular weight is 236 g/mol. The average Bonchev–Trinajstić information content (AvgIpc) is 2.28. The molecule has 2 nitrogen and oxygen atoms in total. The Morgan fingerprint density at radius 1 is 1.06 bits per heavy atom. The van der Waals surface area contributed by atoms with E-state index in [1.165, 1.54) is 0 Å². The Bertz CT molecular complexity index is 317. The van der Waals surface area contributed by atoms with E-state index in [0.29, 0.717) is 19.3 Å². The van der Waals surface area contributed by atoms with Crippen LogP contribution >= 0.6 is 0 Å². The molecule has 0 aromatic carbocycles. The number of rotatable bonds is 1. The molecule has 0 saturated heterocycles. The fraction of sp³-hybridized carbons (Fsp3) is 0.600. The highest BCUT2D eigenvalue weighted by Crippen LogP contribution is 2.29. The van der Waals surface area contributed by atoms with E-state index in [-0.39, 0.29) is 5.92 Å². The Morgan fingerprint density at radius 2 is 1.59 bits per heavy atom. The third kappa shape index (κ3) is 4.14. The molecule has 0 aromatic heterocycles. The molecule has 0 radical (unpaired) electrons. The monoisotopic (exact) mass is 236 g/mol. The number of hydrogen-bond acceptors (Lipinski definition) is 2. The van der Waals surface area contributed by atoms with Crippen molar-refractivity contribution >= 4 is 0 Å². The van der Waals surface area contributed by atoms with Crippen LogP contribution < -0.4 is 0 Å². The Balaban J connectivity index is 2.77. The molecule has 17 heavy (non-hydrogen) atoms. The Kier molecular flexibility index (Phi) is 5.16. The van der Waals surface area contributed by atoms with Crippen LogP contribution in [-0.2, 0) is 0 Å². The second-order valence-electron chi connectivity index (χ2n) is 5.20. The zero-order valence-electron chi connectivity index (χ0n) is 10.8. The molecule has 1 aliphatic rings. The van der Waals surface area contributed by atoms with Crippen LogP contribution in [0.25, 0.3) is 0 Å². The minimum Gasteiger partial charge on any atom is -0.389 e. The van der Waals surface area contributed by atoms with Crippen molar-refractivity contribution in [3.8, 4) is 0 Å². The van der Waals surface area contributed by atoms with Crippen LogP contribution in [0.2, 0.25) is 0 Å². The second kappa shape index (κ2) is 6.18. The van der Waals surface area contributed by atoms with Gasteiger partial charge < -0.3 is 10.2 Å². The molecule has 1 saturated carbocycles. The standard InChI is InChI=1S/C15H24O2/c1-10(2)13-7-5-11(3)14(16)8-6-12(4)15(17)9-13/h13-17H,1,3-9H2,2H3/t13-,14-,15-/m1/s1. The van der Waals surface area contributed by atoms with Crippen LogP contribution in [0.5, 0.6) is 0 Å². The van der Waals surface area contributed by atoms with E-state index in [0.717, 1.165) is 29.6 Å². The highest BCUT2D eigenvalue weighted by molar-refractivity contribution is 5.11. The van der Waals surface area contributed by atoms with Gasteiger partial charge in [-0.15, -0.1) is 0 Å². The topological polar surface area (TPSA) is 40.5 Å². The smallest absolute Gasteiger partial charge is 0.0753 e. The van der Waals surface area contributed by atoms with Gasteiger partial charge in [-0.3, -0.25) is 0 Å². The van der Waals surface area contributed by atoms with Gasteiger partial charge in [-0.05, 0) is 56.1 Å². The summed E-state index contributed by atoms with van der Waals surface area (Å²) < 4.78 is 0. The van der Waals surface area contributed by atoms with Crippen molar-refractivity contribution in [2.24, 2.45) is 5.92 Å². The molecule has 1 rings (SSSR count). The van der Waals surface area contributed by atoms with E-state index >= 15 is 0 Å². The molecular formula is C15H24O2. The van der Waals surface area contributed by atoms with Gasteiger partial charge in [-0.25, -0.2) is 0 Å². The molecule has 0 aliphatic heterocycles.